The molecule has 1 saturated heterocycles. The van der Waals surface area contributed by atoms with Crippen LogP contribution in [0.25, 0.3) is 17.1 Å². The van der Waals surface area contributed by atoms with Crippen LogP contribution in [0.15, 0.2) is 30.9 Å². The molecule has 0 amide bonds. The van der Waals surface area contributed by atoms with Crippen LogP contribution in [0.2, 0.25) is 0 Å². The van der Waals surface area contributed by atoms with E-state index in [4.69, 9.17) is 0 Å². The van der Waals surface area contributed by atoms with Gasteiger partial charge in [0.15, 0.2) is 5.69 Å². The zero-order chi connectivity index (χ0) is 22.9. The molecular weight excluding hydrogens is 457 g/mol. The molecule has 3 aromatic heterocycles. The summed E-state index contributed by atoms with van der Waals surface area (Å²) >= 11 is 0. The smallest absolute Gasteiger partial charge is 0.351 e. The zero-order valence-electron chi connectivity index (χ0n) is 17.9. The molecule has 1 fully saturated rings. The van der Waals surface area contributed by atoms with Gasteiger partial charge in [0, 0.05) is 24.1 Å². The lowest BCUT2D eigenvalue weighted by atomic mass is 9.95. The molecule has 174 valence electrons. The first-order valence-electron chi connectivity index (χ1n) is 10.1. The summed E-state index contributed by atoms with van der Waals surface area (Å²) in [7, 11) is 0. The maximum absolute atomic E-state index is 13.7. The van der Waals surface area contributed by atoms with Gasteiger partial charge in [0.2, 0.25) is 5.95 Å². The molecule has 0 spiro atoms. The molecule has 4 rings (SSSR count). The number of piperidine rings is 1. The monoisotopic (exact) mass is 478 g/mol. The Kier molecular flexibility index (Phi) is 7.19. The van der Waals surface area contributed by atoms with Crippen molar-refractivity contribution in [3.05, 3.63) is 47.8 Å². The summed E-state index contributed by atoms with van der Waals surface area (Å²) in [6, 6.07) is 5.43. The van der Waals surface area contributed by atoms with Gasteiger partial charge in [0.1, 0.15) is 29.3 Å². The maximum atomic E-state index is 13.7. The third kappa shape index (κ3) is 5.23. The van der Waals surface area contributed by atoms with Gasteiger partial charge in [-0.1, -0.05) is 6.92 Å². The van der Waals surface area contributed by atoms with Crippen molar-refractivity contribution in [3.63, 3.8) is 0 Å². The van der Waals surface area contributed by atoms with Crippen LogP contribution >= 0.6 is 12.4 Å². The molecule has 1 aliphatic heterocycles. The van der Waals surface area contributed by atoms with Crippen molar-refractivity contribution in [2.45, 2.75) is 32.5 Å². The van der Waals surface area contributed by atoms with Gasteiger partial charge >= 0.3 is 6.18 Å². The van der Waals surface area contributed by atoms with Crippen molar-refractivity contribution in [1.82, 2.24) is 29.8 Å². The molecule has 33 heavy (non-hydrogen) atoms. The first kappa shape index (κ1) is 24.4. The van der Waals surface area contributed by atoms with Gasteiger partial charge in [-0.25, -0.2) is 19.9 Å². The average Bonchev–Trinajstić information content (AvgIpc) is 3.24. The van der Waals surface area contributed by atoms with E-state index in [1.165, 1.54) is 17.1 Å². The molecule has 0 aliphatic carbocycles. The van der Waals surface area contributed by atoms with Crippen LogP contribution in [-0.2, 0) is 6.18 Å². The van der Waals surface area contributed by atoms with E-state index in [0.29, 0.717) is 11.4 Å². The zero-order valence-corrected chi connectivity index (χ0v) is 18.7. The van der Waals surface area contributed by atoms with Gasteiger partial charge in [-0.05, 0) is 44.5 Å². The van der Waals surface area contributed by atoms with Crippen LogP contribution in [0, 0.1) is 24.2 Å². The molecule has 12 heteroatoms. The van der Waals surface area contributed by atoms with Gasteiger partial charge in [-0.15, -0.1) is 12.4 Å². The Morgan fingerprint density at radius 3 is 2.73 bits per heavy atom. The van der Waals surface area contributed by atoms with Gasteiger partial charge < -0.3 is 15.2 Å². The lowest BCUT2D eigenvalue weighted by molar-refractivity contribution is -0.137. The maximum Gasteiger partial charge on any atom is 0.420 e. The molecular formula is C21H22ClF3N8. The molecule has 4 heterocycles. The lowest BCUT2D eigenvalue weighted by Gasteiger charge is -2.30. The van der Waals surface area contributed by atoms with Crippen molar-refractivity contribution in [3.8, 4) is 23.1 Å². The van der Waals surface area contributed by atoms with Crippen molar-refractivity contribution in [1.29, 1.82) is 5.26 Å². The molecule has 0 bridgehead atoms. The number of aromatic nitrogens is 5. The molecule has 0 saturated carbocycles. The summed E-state index contributed by atoms with van der Waals surface area (Å²) in [5.41, 5.74) is -0.0614. The van der Waals surface area contributed by atoms with Crippen LogP contribution in [0.3, 0.4) is 0 Å². The van der Waals surface area contributed by atoms with Crippen molar-refractivity contribution in [2.75, 3.05) is 18.4 Å². The Labute approximate surface area is 194 Å². The predicted molar refractivity (Wildman–Crippen MR) is 118 cm³/mol. The summed E-state index contributed by atoms with van der Waals surface area (Å²) in [6.07, 6.45) is -0.312. The molecule has 8 nitrogen and oxygen atoms in total. The Balaban J connectivity index is 0.00000306. The van der Waals surface area contributed by atoms with Gasteiger partial charge in [0.25, 0.3) is 0 Å². The normalized spacial score (nSPS) is 18.3. The number of hydrogen-bond donors (Lipinski definition) is 2. The highest BCUT2D eigenvalue weighted by molar-refractivity contribution is 5.85. The summed E-state index contributed by atoms with van der Waals surface area (Å²) in [5, 5.41) is 15.8. The number of alkyl halides is 3. The molecule has 2 atom stereocenters. The number of hydrogen-bond acceptors (Lipinski definition) is 7. The van der Waals surface area contributed by atoms with Crippen molar-refractivity contribution >= 4 is 18.4 Å². The van der Waals surface area contributed by atoms with E-state index in [9.17, 15) is 18.4 Å². The Bertz CT molecular complexity index is 1170. The SMILES string of the molecule is Cc1ccc(-n2cnc(-c3nc(N[C@H]4CCNC[C@H]4C)ncc3C(F)(F)F)c2)c(C#N)n1.Cl. The summed E-state index contributed by atoms with van der Waals surface area (Å²) < 4.78 is 42.5. The number of nitriles is 1. The van der Waals surface area contributed by atoms with E-state index in [0.717, 1.165) is 25.7 Å². The number of rotatable bonds is 4. The lowest BCUT2D eigenvalue weighted by Crippen LogP contribution is -2.42. The minimum absolute atomic E-state index is 0. The largest absolute Gasteiger partial charge is 0.420 e. The number of aryl methyl sites for hydroxylation is 1. The summed E-state index contributed by atoms with van der Waals surface area (Å²) in [4.78, 5) is 16.4. The third-order valence-corrected chi connectivity index (χ3v) is 5.42. The highest BCUT2D eigenvalue weighted by atomic mass is 35.5. The molecule has 0 radical (unpaired) electrons. The van der Waals surface area contributed by atoms with E-state index in [1.807, 2.05) is 6.07 Å². The molecule has 2 N–H and O–H groups in total. The van der Waals surface area contributed by atoms with E-state index in [1.54, 1.807) is 19.1 Å². The fraction of sp³-hybridized carbons (Fsp3) is 0.381. The number of pyridine rings is 1. The number of nitrogens with zero attached hydrogens (tertiary/aromatic N) is 6. The van der Waals surface area contributed by atoms with E-state index in [2.05, 4.69) is 37.5 Å². The van der Waals surface area contributed by atoms with Crippen molar-refractivity contribution < 1.29 is 13.2 Å². The Morgan fingerprint density at radius 1 is 1.24 bits per heavy atom. The molecule has 1 aliphatic rings. The second-order valence-electron chi connectivity index (χ2n) is 7.77. The summed E-state index contributed by atoms with van der Waals surface area (Å²) in [6.45, 7) is 5.42. The van der Waals surface area contributed by atoms with Crippen LogP contribution in [0.4, 0.5) is 19.1 Å². The first-order valence-corrected chi connectivity index (χ1v) is 10.1. The number of anilines is 1. The predicted octanol–water partition coefficient (Wildman–Crippen LogP) is 3.75. The van der Waals surface area contributed by atoms with Crippen LogP contribution in [0.1, 0.15) is 30.3 Å². The van der Waals surface area contributed by atoms with Crippen LogP contribution in [-0.4, -0.2) is 43.6 Å². The number of halogens is 4. The highest BCUT2D eigenvalue weighted by Gasteiger charge is 2.36. The van der Waals surface area contributed by atoms with Crippen LogP contribution in [0.5, 0.6) is 0 Å². The van der Waals surface area contributed by atoms with Crippen LogP contribution < -0.4 is 10.6 Å². The standard InChI is InChI=1S/C21H21F3N8.ClH/c1-12-8-26-6-5-15(12)30-20-27-9-14(21(22,23)24)19(31-20)17-10-32(11-28-17)18-4-3-13(2)29-16(18)7-25;/h3-4,9-12,15,26H,5-6,8H2,1-2H3,(H,27,30,31);1H/t12-,15+;/m1./s1. The third-order valence-electron chi connectivity index (χ3n) is 5.42. The topological polar surface area (TPSA) is 104 Å². The fourth-order valence-corrected chi connectivity index (χ4v) is 3.67. The molecule has 3 aromatic rings. The van der Waals surface area contributed by atoms with E-state index < -0.39 is 11.7 Å². The Morgan fingerprint density at radius 2 is 2.03 bits per heavy atom. The van der Waals surface area contributed by atoms with Crippen molar-refractivity contribution in [2.24, 2.45) is 5.92 Å². The molecule has 0 aromatic carbocycles. The number of imidazole rings is 1. The quantitative estimate of drug-likeness (QED) is 0.588. The van der Waals surface area contributed by atoms with E-state index in [-0.39, 0.29) is 47.4 Å². The summed E-state index contributed by atoms with van der Waals surface area (Å²) in [5.74, 6) is 0.395. The minimum atomic E-state index is -4.65. The van der Waals surface area contributed by atoms with Gasteiger partial charge in [-0.3, -0.25) is 0 Å². The minimum Gasteiger partial charge on any atom is -0.351 e. The van der Waals surface area contributed by atoms with Gasteiger partial charge in [0.05, 0.1) is 5.69 Å². The highest BCUT2D eigenvalue weighted by Crippen LogP contribution is 2.36. The fourth-order valence-electron chi connectivity index (χ4n) is 3.67. The second-order valence-corrected chi connectivity index (χ2v) is 7.77. The molecule has 0 unspecified atom stereocenters. The second kappa shape index (κ2) is 9.72. The average molecular weight is 479 g/mol. The number of nitrogens with one attached hydrogen (secondary N) is 2. The Hall–Kier alpha value is -3.23. The first-order chi connectivity index (χ1) is 15.3. The van der Waals surface area contributed by atoms with E-state index >= 15 is 0 Å². The van der Waals surface area contributed by atoms with Gasteiger partial charge in [-0.2, -0.15) is 18.4 Å².